The van der Waals surface area contributed by atoms with Gasteiger partial charge in [0.15, 0.2) is 6.29 Å². The topological polar surface area (TPSA) is 36.9 Å². The zero-order valence-electron chi connectivity index (χ0n) is 14.1. The Bertz CT molecular complexity index is 448. The number of hydrogen-bond acceptors (Lipinski definition) is 4. The van der Waals surface area contributed by atoms with Crippen molar-refractivity contribution in [2.45, 2.75) is 44.9 Å². The molecule has 4 atom stereocenters. The monoisotopic (exact) mass is 320 g/mol. The second-order valence-electron chi connectivity index (χ2n) is 5.92. The number of methoxy groups -OCH3 is 1. The molecular weight excluding hydrogens is 292 g/mol. The van der Waals surface area contributed by atoms with Gasteiger partial charge in [-0.1, -0.05) is 43.3 Å². The quantitative estimate of drug-likeness (QED) is 0.488. The lowest BCUT2D eigenvalue weighted by molar-refractivity contribution is -0.156. The van der Waals surface area contributed by atoms with Gasteiger partial charge in [-0.25, -0.2) is 0 Å². The van der Waals surface area contributed by atoms with Gasteiger partial charge in [0.05, 0.1) is 25.9 Å². The van der Waals surface area contributed by atoms with Gasteiger partial charge >= 0.3 is 0 Å². The minimum Gasteiger partial charge on any atom is -0.382 e. The maximum atomic E-state index is 6.12. The van der Waals surface area contributed by atoms with Crippen LogP contribution >= 0.6 is 0 Å². The molecule has 1 heterocycles. The van der Waals surface area contributed by atoms with Crippen LogP contribution in [0.15, 0.2) is 43.0 Å². The summed E-state index contributed by atoms with van der Waals surface area (Å²) in [5, 5.41) is 0. The molecule has 1 aliphatic heterocycles. The molecule has 1 saturated heterocycles. The predicted octanol–water partition coefficient (Wildman–Crippen LogP) is 3.56. The molecule has 4 heteroatoms. The van der Waals surface area contributed by atoms with E-state index < -0.39 is 0 Å². The first-order valence-corrected chi connectivity index (χ1v) is 8.28. The van der Waals surface area contributed by atoms with Crippen molar-refractivity contribution in [1.29, 1.82) is 0 Å². The van der Waals surface area contributed by atoms with Crippen LogP contribution in [-0.2, 0) is 25.6 Å². The highest BCUT2D eigenvalue weighted by Gasteiger charge is 2.43. The molecule has 0 N–H and O–H groups in total. The maximum absolute atomic E-state index is 6.12. The maximum Gasteiger partial charge on any atom is 0.163 e. The smallest absolute Gasteiger partial charge is 0.163 e. The van der Waals surface area contributed by atoms with Crippen LogP contribution in [0.1, 0.15) is 25.3 Å². The van der Waals surface area contributed by atoms with Crippen molar-refractivity contribution in [3.63, 3.8) is 0 Å². The predicted molar refractivity (Wildman–Crippen MR) is 90.1 cm³/mol. The summed E-state index contributed by atoms with van der Waals surface area (Å²) < 4.78 is 23.3. The first-order chi connectivity index (χ1) is 11.3. The summed E-state index contributed by atoms with van der Waals surface area (Å²) in [5.74, 6) is 0.169. The highest BCUT2D eigenvalue weighted by molar-refractivity contribution is 5.13. The van der Waals surface area contributed by atoms with Crippen molar-refractivity contribution >= 4 is 0 Å². The Morgan fingerprint density at radius 1 is 1.22 bits per heavy atom. The van der Waals surface area contributed by atoms with E-state index in [0.29, 0.717) is 19.8 Å². The SMILES string of the molecule is C=CCCCOC1OC(COC)C(OCc2ccccc2)C1C. The van der Waals surface area contributed by atoms with E-state index in [-0.39, 0.29) is 24.4 Å². The molecule has 0 radical (unpaired) electrons. The van der Waals surface area contributed by atoms with Crippen molar-refractivity contribution in [2.24, 2.45) is 5.92 Å². The highest BCUT2D eigenvalue weighted by atomic mass is 16.7. The van der Waals surface area contributed by atoms with Gasteiger partial charge in [0, 0.05) is 13.0 Å². The van der Waals surface area contributed by atoms with Crippen LogP contribution in [-0.4, -0.2) is 38.8 Å². The van der Waals surface area contributed by atoms with Crippen LogP contribution in [0, 0.1) is 5.92 Å². The molecule has 4 unspecified atom stereocenters. The molecule has 0 spiro atoms. The van der Waals surface area contributed by atoms with Gasteiger partial charge in [0.2, 0.25) is 0 Å². The fourth-order valence-corrected chi connectivity index (χ4v) is 2.81. The molecule has 0 saturated carbocycles. The summed E-state index contributed by atoms with van der Waals surface area (Å²) in [4.78, 5) is 0. The zero-order chi connectivity index (χ0) is 16.5. The second kappa shape index (κ2) is 9.83. The standard InChI is InChI=1S/C19H28O4/c1-4-5-9-12-21-19-15(2)18(17(23-19)14-20-3)22-13-16-10-7-6-8-11-16/h4,6-8,10-11,15,17-19H,1,5,9,12-14H2,2-3H3. The average Bonchev–Trinajstić information content (AvgIpc) is 2.86. The molecule has 1 aromatic rings. The number of unbranched alkanes of at least 4 members (excludes halogenated alkanes) is 1. The minimum atomic E-state index is -0.235. The lowest BCUT2D eigenvalue weighted by Crippen LogP contribution is -2.32. The van der Waals surface area contributed by atoms with Gasteiger partial charge in [0.1, 0.15) is 6.10 Å². The summed E-state index contributed by atoms with van der Waals surface area (Å²) in [7, 11) is 1.68. The third-order valence-electron chi connectivity index (χ3n) is 4.07. The largest absolute Gasteiger partial charge is 0.382 e. The average molecular weight is 320 g/mol. The van der Waals surface area contributed by atoms with Crippen LogP contribution in [0.4, 0.5) is 0 Å². The van der Waals surface area contributed by atoms with E-state index in [1.807, 2.05) is 24.3 Å². The number of benzene rings is 1. The molecule has 2 rings (SSSR count). The number of hydrogen-bond donors (Lipinski definition) is 0. The van der Waals surface area contributed by atoms with E-state index in [1.165, 1.54) is 0 Å². The molecule has 0 aromatic heterocycles. The van der Waals surface area contributed by atoms with Crippen molar-refractivity contribution in [1.82, 2.24) is 0 Å². The molecule has 0 bridgehead atoms. The molecule has 1 aromatic carbocycles. The van der Waals surface area contributed by atoms with Crippen molar-refractivity contribution in [3.8, 4) is 0 Å². The normalized spacial score (nSPS) is 27.2. The Morgan fingerprint density at radius 3 is 2.70 bits per heavy atom. The fourth-order valence-electron chi connectivity index (χ4n) is 2.81. The van der Waals surface area contributed by atoms with Crippen molar-refractivity contribution < 1.29 is 18.9 Å². The number of rotatable bonds is 10. The lowest BCUT2D eigenvalue weighted by atomic mass is 10.0. The third kappa shape index (κ3) is 5.43. The molecular formula is C19H28O4. The molecule has 1 fully saturated rings. The molecule has 1 aliphatic rings. The van der Waals surface area contributed by atoms with E-state index in [2.05, 4.69) is 25.6 Å². The van der Waals surface area contributed by atoms with E-state index in [1.54, 1.807) is 7.11 Å². The molecule has 4 nitrogen and oxygen atoms in total. The van der Waals surface area contributed by atoms with E-state index in [0.717, 1.165) is 18.4 Å². The van der Waals surface area contributed by atoms with E-state index >= 15 is 0 Å². The summed E-state index contributed by atoms with van der Waals surface area (Å²) in [6.45, 7) is 7.59. The second-order valence-corrected chi connectivity index (χ2v) is 5.92. The molecule has 0 amide bonds. The van der Waals surface area contributed by atoms with Gasteiger partial charge in [-0.2, -0.15) is 0 Å². The Hall–Kier alpha value is -1.20. The molecule has 23 heavy (non-hydrogen) atoms. The zero-order valence-corrected chi connectivity index (χ0v) is 14.1. The molecule has 128 valence electrons. The Labute approximate surface area is 139 Å². The Kier molecular flexibility index (Phi) is 7.76. The van der Waals surface area contributed by atoms with Crippen LogP contribution in [0.2, 0.25) is 0 Å². The van der Waals surface area contributed by atoms with Crippen LogP contribution in [0.25, 0.3) is 0 Å². The number of allylic oxidation sites excluding steroid dienone is 1. The Balaban J connectivity index is 1.88. The summed E-state index contributed by atoms with van der Waals surface area (Å²) >= 11 is 0. The van der Waals surface area contributed by atoms with Crippen molar-refractivity contribution in [2.75, 3.05) is 20.3 Å². The van der Waals surface area contributed by atoms with Gasteiger partial charge in [-0.05, 0) is 18.4 Å². The van der Waals surface area contributed by atoms with Gasteiger partial charge in [-0.15, -0.1) is 6.58 Å². The first-order valence-electron chi connectivity index (χ1n) is 8.28. The third-order valence-corrected chi connectivity index (χ3v) is 4.07. The van der Waals surface area contributed by atoms with Gasteiger partial charge in [0.25, 0.3) is 0 Å². The van der Waals surface area contributed by atoms with Gasteiger partial charge in [-0.3, -0.25) is 0 Å². The lowest BCUT2D eigenvalue weighted by Gasteiger charge is -2.21. The minimum absolute atomic E-state index is 0.0282. The summed E-state index contributed by atoms with van der Waals surface area (Å²) in [6.07, 6.45) is 3.46. The van der Waals surface area contributed by atoms with Crippen LogP contribution in [0.5, 0.6) is 0 Å². The van der Waals surface area contributed by atoms with Crippen LogP contribution in [0.3, 0.4) is 0 Å². The van der Waals surface area contributed by atoms with E-state index in [4.69, 9.17) is 18.9 Å². The summed E-state index contributed by atoms with van der Waals surface area (Å²) in [5.41, 5.74) is 1.16. The molecule has 0 aliphatic carbocycles. The fraction of sp³-hybridized carbons (Fsp3) is 0.579. The summed E-state index contributed by atoms with van der Waals surface area (Å²) in [6, 6.07) is 10.2. The Morgan fingerprint density at radius 2 is 2.00 bits per heavy atom. The van der Waals surface area contributed by atoms with Crippen molar-refractivity contribution in [3.05, 3.63) is 48.6 Å². The first kappa shape index (κ1) is 18.1. The number of ether oxygens (including phenoxy) is 4. The highest BCUT2D eigenvalue weighted by Crippen LogP contribution is 2.31. The van der Waals surface area contributed by atoms with Gasteiger partial charge < -0.3 is 18.9 Å². The van der Waals surface area contributed by atoms with E-state index in [9.17, 15) is 0 Å². The van der Waals surface area contributed by atoms with Crippen LogP contribution < -0.4 is 0 Å².